The van der Waals surface area contributed by atoms with Crippen molar-refractivity contribution in [1.29, 1.82) is 0 Å². The molecule has 0 aliphatic heterocycles. The molecule has 0 fully saturated rings. The van der Waals surface area contributed by atoms with Crippen molar-refractivity contribution in [3.63, 3.8) is 0 Å². The highest BCUT2D eigenvalue weighted by molar-refractivity contribution is 7.32. The van der Waals surface area contributed by atoms with Gasteiger partial charge in [0.2, 0.25) is 0 Å². The monoisotopic (exact) mass is 244 g/mol. The van der Waals surface area contributed by atoms with Crippen LogP contribution in [0.3, 0.4) is 0 Å². The largest absolute Gasteiger partial charge is 0.359 e. The van der Waals surface area contributed by atoms with Gasteiger partial charge in [0.1, 0.15) is 6.07 Å². The number of halogens is 1. The van der Waals surface area contributed by atoms with Gasteiger partial charge in [0.15, 0.2) is 0 Å². The topological polar surface area (TPSA) is 55.8 Å². The molecule has 0 aromatic carbocycles. The third-order valence-corrected chi connectivity index (χ3v) is 2.99. The summed E-state index contributed by atoms with van der Waals surface area (Å²) in [6.07, 6.45) is 2.21. The van der Waals surface area contributed by atoms with Gasteiger partial charge in [0.25, 0.3) is 0 Å². The molecule has 14 heavy (non-hydrogen) atoms. The van der Waals surface area contributed by atoms with Crippen molar-refractivity contribution in [2.24, 2.45) is 0 Å². The normalized spacial score (nSPS) is 14.3. The number of hydrogen-bond donors (Lipinski definition) is 1. The summed E-state index contributed by atoms with van der Waals surface area (Å²) in [5.41, 5.74) is -0.320. The Morgan fingerprint density at radius 2 is 2.00 bits per heavy atom. The summed E-state index contributed by atoms with van der Waals surface area (Å²) >= 11 is 5.52. The van der Waals surface area contributed by atoms with E-state index in [4.69, 9.17) is 21.2 Å². The molecular weight excluding hydrogens is 227 g/mol. The molecule has 0 aliphatic carbocycles. The van der Waals surface area contributed by atoms with Crippen molar-refractivity contribution >= 4 is 19.9 Å². The summed E-state index contributed by atoms with van der Waals surface area (Å²) in [4.78, 5) is 8.48. The third kappa shape index (κ3) is 5.32. The van der Waals surface area contributed by atoms with E-state index in [2.05, 4.69) is 4.52 Å². The molecule has 0 aromatic rings. The molecule has 4 nitrogen and oxygen atoms in total. The van der Waals surface area contributed by atoms with Crippen LogP contribution in [0.25, 0.3) is 0 Å². The summed E-state index contributed by atoms with van der Waals surface area (Å²) in [6, 6.07) is 0.135. The first kappa shape index (κ1) is 14.4. The van der Waals surface area contributed by atoms with Crippen LogP contribution in [0.4, 0.5) is 0 Å². The predicted molar refractivity (Wildman–Crippen MR) is 56.9 cm³/mol. The second kappa shape index (κ2) is 7.66. The van der Waals surface area contributed by atoms with Crippen molar-refractivity contribution in [1.82, 2.24) is 0 Å². The van der Waals surface area contributed by atoms with Crippen molar-refractivity contribution in [2.75, 3.05) is 12.7 Å². The van der Waals surface area contributed by atoms with Crippen LogP contribution in [0.2, 0.25) is 0 Å². The van der Waals surface area contributed by atoms with Crippen LogP contribution in [0.15, 0.2) is 0 Å². The quantitative estimate of drug-likeness (QED) is 0.527. The Hall–Kier alpha value is 0.400. The number of rotatable bonds is 8. The van der Waals surface area contributed by atoms with Crippen molar-refractivity contribution < 1.29 is 18.7 Å². The standard InChI is InChI=1S/C8H18ClO4P/c1-3-8(4-2,12-7-9)5-6-13-14(10)11/h14H,3-7H2,1-2H3,(H,10,11). The maximum atomic E-state index is 10.3. The van der Waals surface area contributed by atoms with E-state index in [1.54, 1.807) is 0 Å². The Balaban J connectivity index is 4.00. The molecule has 0 amide bonds. The van der Waals surface area contributed by atoms with Gasteiger partial charge in [-0.2, -0.15) is 0 Å². The minimum Gasteiger partial charge on any atom is -0.359 e. The van der Waals surface area contributed by atoms with Gasteiger partial charge < -0.3 is 14.2 Å². The highest BCUT2D eigenvalue weighted by Gasteiger charge is 2.26. The molecule has 1 atom stereocenters. The van der Waals surface area contributed by atoms with Gasteiger partial charge in [0.05, 0.1) is 12.2 Å². The molecule has 1 unspecified atom stereocenters. The fourth-order valence-electron chi connectivity index (χ4n) is 1.32. The van der Waals surface area contributed by atoms with Crippen LogP contribution in [0, 0.1) is 0 Å². The lowest BCUT2D eigenvalue weighted by Gasteiger charge is -2.30. The lowest BCUT2D eigenvalue weighted by Crippen LogP contribution is -2.32. The second-order valence-corrected chi connectivity index (χ2v) is 4.05. The second-order valence-electron chi connectivity index (χ2n) is 3.01. The van der Waals surface area contributed by atoms with E-state index >= 15 is 0 Å². The zero-order valence-corrected chi connectivity index (χ0v) is 10.3. The molecule has 0 saturated heterocycles. The molecule has 0 aliphatic rings. The Bertz CT molecular complexity index is 173. The maximum absolute atomic E-state index is 10.3. The van der Waals surface area contributed by atoms with Crippen LogP contribution in [-0.4, -0.2) is 23.2 Å². The Morgan fingerprint density at radius 1 is 1.43 bits per heavy atom. The van der Waals surface area contributed by atoms with Crippen molar-refractivity contribution in [2.45, 2.75) is 38.7 Å². The van der Waals surface area contributed by atoms with E-state index < -0.39 is 8.25 Å². The van der Waals surface area contributed by atoms with Gasteiger partial charge in [0, 0.05) is 6.42 Å². The average Bonchev–Trinajstić information content (AvgIpc) is 2.16. The van der Waals surface area contributed by atoms with Gasteiger partial charge >= 0.3 is 8.25 Å². The smallest absolute Gasteiger partial charge is 0.316 e. The van der Waals surface area contributed by atoms with E-state index in [0.717, 1.165) is 12.8 Å². The molecule has 0 spiro atoms. The number of hydrogen-bond acceptors (Lipinski definition) is 3. The SMILES string of the molecule is CCC(CC)(CCO[PH](=O)O)OCCl. The first-order valence-electron chi connectivity index (χ1n) is 4.66. The van der Waals surface area contributed by atoms with E-state index in [-0.39, 0.29) is 18.3 Å². The average molecular weight is 245 g/mol. The molecular formula is C8H18ClO4P. The van der Waals surface area contributed by atoms with E-state index in [1.165, 1.54) is 0 Å². The van der Waals surface area contributed by atoms with Crippen molar-refractivity contribution in [3.05, 3.63) is 0 Å². The summed E-state index contributed by atoms with van der Waals surface area (Å²) in [5, 5.41) is 0. The third-order valence-electron chi connectivity index (χ3n) is 2.43. The number of alkyl halides is 1. The lowest BCUT2D eigenvalue weighted by molar-refractivity contribution is -0.0422. The highest BCUT2D eigenvalue weighted by atomic mass is 35.5. The minimum absolute atomic E-state index is 0.135. The molecule has 1 N–H and O–H groups in total. The molecule has 0 bridgehead atoms. The fourth-order valence-corrected chi connectivity index (χ4v) is 1.83. The van der Waals surface area contributed by atoms with Crippen LogP contribution in [0.1, 0.15) is 33.1 Å². The van der Waals surface area contributed by atoms with Crippen LogP contribution in [0.5, 0.6) is 0 Å². The molecule has 0 heterocycles. The Kier molecular flexibility index (Phi) is 7.88. The maximum Gasteiger partial charge on any atom is 0.316 e. The van der Waals surface area contributed by atoms with Gasteiger partial charge in [-0.15, -0.1) is 0 Å². The van der Waals surface area contributed by atoms with E-state index in [9.17, 15) is 4.57 Å². The zero-order valence-electron chi connectivity index (χ0n) is 8.59. The molecule has 0 radical (unpaired) electrons. The van der Waals surface area contributed by atoms with E-state index in [0.29, 0.717) is 6.42 Å². The molecule has 6 heteroatoms. The highest BCUT2D eigenvalue weighted by Crippen LogP contribution is 2.27. The first-order chi connectivity index (χ1) is 6.60. The molecule has 0 rings (SSSR count). The first-order valence-corrected chi connectivity index (χ1v) is 6.45. The minimum atomic E-state index is -2.83. The molecule has 86 valence electrons. The summed E-state index contributed by atoms with van der Waals surface area (Å²) in [5.74, 6) is 0. The molecule has 0 aromatic heterocycles. The van der Waals surface area contributed by atoms with Gasteiger partial charge in [-0.3, -0.25) is 4.57 Å². The van der Waals surface area contributed by atoms with Gasteiger partial charge in [-0.05, 0) is 12.8 Å². The summed E-state index contributed by atoms with van der Waals surface area (Å²) in [6.45, 7) is 4.23. The predicted octanol–water partition coefficient (Wildman–Crippen LogP) is 2.55. The number of ether oxygens (including phenoxy) is 1. The van der Waals surface area contributed by atoms with E-state index in [1.807, 2.05) is 13.8 Å². The Morgan fingerprint density at radius 3 is 2.36 bits per heavy atom. The summed E-state index contributed by atoms with van der Waals surface area (Å²) in [7, 11) is -2.83. The van der Waals surface area contributed by atoms with Crippen LogP contribution in [-0.2, 0) is 13.8 Å². The lowest BCUT2D eigenvalue weighted by atomic mass is 9.94. The zero-order chi connectivity index (χ0) is 11.0. The van der Waals surface area contributed by atoms with Gasteiger partial charge in [-0.1, -0.05) is 25.4 Å². The summed E-state index contributed by atoms with van der Waals surface area (Å²) < 4.78 is 20.4. The fraction of sp³-hybridized carbons (Fsp3) is 1.00. The Labute approximate surface area is 90.5 Å². The van der Waals surface area contributed by atoms with Crippen molar-refractivity contribution in [3.8, 4) is 0 Å². The van der Waals surface area contributed by atoms with Crippen LogP contribution < -0.4 is 0 Å². The molecule has 0 saturated carbocycles. The van der Waals surface area contributed by atoms with Crippen LogP contribution >= 0.6 is 19.9 Å². The van der Waals surface area contributed by atoms with Gasteiger partial charge in [-0.25, -0.2) is 0 Å².